The van der Waals surface area contributed by atoms with Crippen molar-refractivity contribution in [2.45, 2.75) is 38.5 Å². The molecule has 2 heterocycles. The molecule has 1 atom stereocenters. The summed E-state index contributed by atoms with van der Waals surface area (Å²) in [5.41, 5.74) is -0.702. The predicted molar refractivity (Wildman–Crippen MR) is 104 cm³/mol. The van der Waals surface area contributed by atoms with Gasteiger partial charge in [0.25, 0.3) is 11.9 Å². The van der Waals surface area contributed by atoms with Gasteiger partial charge in [0.2, 0.25) is 0 Å². The van der Waals surface area contributed by atoms with Gasteiger partial charge in [-0.15, -0.1) is 0 Å². The normalized spacial score (nSPS) is 18.4. The van der Waals surface area contributed by atoms with Gasteiger partial charge in [-0.1, -0.05) is 6.07 Å². The number of benzene rings is 1. The van der Waals surface area contributed by atoms with Crippen LogP contribution in [0.25, 0.3) is 0 Å². The van der Waals surface area contributed by atoms with Crippen LogP contribution in [0.3, 0.4) is 0 Å². The maximum atomic E-state index is 12.9. The van der Waals surface area contributed by atoms with Gasteiger partial charge in [0.1, 0.15) is 6.26 Å². The lowest BCUT2D eigenvalue weighted by Gasteiger charge is -2.19. The summed E-state index contributed by atoms with van der Waals surface area (Å²) < 4.78 is 71.6. The smallest absolute Gasteiger partial charge is 0.416 e. The summed E-state index contributed by atoms with van der Waals surface area (Å²) in [7, 11) is -4.16. The van der Waals surface area contributed by atoms with Crippen molar-refractivity contribution < 1.29 is 35.9 Å². The Kier molecular flexibility index (Phi) is 6.57. The van der Waals surface area contributed by atoms with Crippen molar-refractivity contribution in [1.29, 1.82) is 0 Å². The summed E-state index contributed by atoms with van der Waals surface area (Å²) in [5.74, 6) is -1.05. The van der Waals surface area contributed by atoms with Gasteiger partial charge < -0.3 is 14.8 Å². The SMILES string of the molecule is Cc1ccc(C(F)(F)F)cc1Nc1nc(C(=O)NS(=O)(=O)N2CCCC(O)CC2)co1. The number of aryl methyl sites for hydroxylation is 1. The van der Waals surface area contributed by atoms with E-state index in [0.717, 1.165) is 22.7 Å². The van der Waals surface area contributed by atoms with E-state index in [2.05, 4.69) is 10.3 Å². The molecule has 0 radical (unpaired) electrons. The van der Waals surface area contributed by atoms with Gasteiger partial charge in [-0.05, 0) is 43.9 Å². The van der Waals surface area contributed by atoms with Crippen LogP contribution in [0.1, 0.15) is 40.9 Å². The third-order valence-corrected chi connectivity index (χ3v) is 6.25. The van der Waals surface area contributed by atoms with Gasteiger partial charge >= 0.3 is 16.4 Å². The molecule has 9 nitrogen and oxygen atoms in total. The molecule has 1 aliphatic rings. The van der Waals surface area contributed by atoms with Gasteiger partial charge in [0.05, 0.1) is 11.7 Å². The Morgan fingerprint density at radius 3 is 2.74 bits per heavy atom. The Hall–Kier alpha value is -2.64. The molecular weight excluding hydrogens is 441 g/mol. The standard InChI is InChI=1S/C18H21F3N4O5S/c1-11-4-5-12(18(19,20)21)9-14(11)22-17-23-15(10-30-17)16(27)24-31(28,29)25-7-2-3-13(26)6-8-25/h4-5,9-10,13,26H,2-3,6-8H2,1H3,(H,22,23)(H,24,27). The molecule has 1 aromatic heterocycles. The van der Waals surface area contributed by atoms with E-state index in [1.165, 1.54) is 6.07 Å². The monoisotopic (exact) mass is 462 g/mol. The number of oxazole rings is 1. The number of halogens is 3. The first-order valence-corrected chi connectivity index (χ1v) is 10.8. The number of carbonyl (C=O) groups is 1. The van der Waals surface area contributed by atoms with Crippen LogP contribution in [-0.2, 0) is 16.4 Å². The molecule has 1 saturated heterocycles. The zero-order valence-corrected chi connectivity index (χ0v) is 17.3. The fourth-order valence-electron chi connectivity index (χ4n) is 3.01. The molecule has 2 aromatic rings. The maximum Gasteiger partial charge on any atom is 0.416 e. The molecule has 0 saturated carbocycles. The fraction of sp³-hybridized carbons (Fsp3) is 0.444. The molecule has 3 N–H and O–H groups in total. The van der Waals surface area contributed by atoms with Crippen LogP contribution < -0.4 is 10.0 Å². The third-order valence-electron chi connectivity index (χ3n) is 4.76. The average molecular weight is 462 g/mol. The first-order chi connectivity index (χ1) is 14.5. The number of anilines is 2. The van der Waals surface area contributed by atoms with Crippen molar-refractivity contribution in [1.82, 2.24) is 14.0 Å². The largest absolute Gasteiger partial charge is 0.431 e. The van der Waals surface area contributed by atoms with Gasteiger partial charge in [-0.25, -0.2) is 4.72 Å². The van der Waals surface area contributed by atoms with Crippen LogP contribution in [0.4, 0.5) is 24.9 Å². The van der Waals surface area contributed by atoms with Crippen molar-refractivity contribution in [2.75, 3.05) is 18.4 Å². The zero-order valence-electron chi connectivity index (χ0n) is 16.4. The minimum absolute atomic E-state index is 0.0597. The Bertz CT molecular complexity index is 1050. The van der Waals surface area contributed by atoms with Crippen molar-refractivity contribution in [2.24, 2.45) is 0 Å². The summed E-state index contributed by atoms with van der Waals surface area (Å²) in [6, 6.07) is 2.80. The lowest BCUT2D eigenvalue weighted by atomic mass is 10.1. The van der Waals surface area contributed by atoms with Crippen molar-refractivity contribution in [3.05, 3.63) is 41.3 Å². The lowest BCUT2D eigenvalue weighted by molar-refractivity contribution is -0.137. The van der Waals surface area contributed by atoms with E-state index in [0.29, 0.717) is 18.4 Å². The molecule has 13 heteroatoms. The van der Waals surface area contributed by atoms with Gasteiger partial charge in [0, 0.05) is 18.8 Å². The number of aromatic nitrogens is 1. The highest BCUT2D eigenvalue weighted by molar-refractivity contribution is 7.87. The molecule has 1 fully saturated rings. The molecule has 0 spiro atoms. The number of hydrogen-bond acceptors (Lipinski definition) is 7. The number of carbonyl (C=O) groups excluding carboxylic acids is 1. The number of aliphatic hydroxyl groups is 1. The fourth-order valence-corrected chi connectivity index (χ4v) is 4.19. The van der Waals surface area contributed by atoms with E-state index in [1.54, 1.807) is 6.92 Å². The van der Waals surface area contributed by atoms with E-state index >= 15 is 0 Å². The van der Waals surface area contributed by atoms with Gasteiger partial charge in [-0.3, -0.25) is 4.79 Å². The van der Waals surface area contributed by atoms with Gasteiger partial charge in [0.15, 0.2) is 5.69 Å². The second-order valence-electron chi connectivity index (χ2n) is 7.11. The van der Waals surface area contributed by atoms with E-state index in [-0.39, 0.29) is 36.9 Å². The minimum atomic E-state index is -4.54. The number of alkyl halides is 3. The quantitative estimate of drug-likeness (QED) is 0.624. The summed E-state index contributed by atoms with van der Waals surface area (Å²) in [4.78, 5) is 16.1. The number of rotatable bonds is 5. The molecule has 1 aliphatic heterocycles. The van der Waals surface area contributed by atoms with E-state index in [1.807, 2.05) is 4.72 Å². The second kappa shape index (κ2) is 8.85. The highest BCUT2D eigenvalue weighted by Crippen LogP contribution is 2.33. The molecule has 3 rings (SSSR count). The van der Waals surface area contributed by atoms with Crippen LogP contribution in [0.2, 0.25) is 0 Å². The van der Waals surface area contributed by atoms with E-state index < -0.39 is 34.0 Å². The molecule has 1 amide bonds. The number of hydrogen-bond donors (Lipinski definition) is 3. The summed E-state index contributed by atoms with van der Waals surface area (Å²) >= 11 is 0. The zero-order chi connectivity index (χ0) is 22.8. The summed E-state index contributed by atoms with van der Waals surface area (Å²) in [5, 5.41) is 12.2. The van der Waals surface area contributed by atoms with Crippen LogP contribution in [0.15, 0.2) is 28.9 Å². The first-order valence-electron chi connectivity index (χ1n) is 9.36. The average Bonchev–Trinajstić information content (AvgIpc) is 3.02. The number of amides is 1. The molecule has 1 unspecified atom stereocenters. The number of aliphatic hydroxyl groups excluding tert-OH is 1. The topological polar surface area (TPSA) is 125 Å². The minimum Gasteiger partial charge on any atom is -0.431 e. The highest BCUT2D eigenvalue weighted by Gasteiger charge is 2.31. The van der Waals surface area contributed by atoms with Crippen molar-refractivity contribution in [3.63, 3.8) is 0 Å². The summed E-state index contributed by atoms with van der Waals surface area (Å²) in [6.45, 7) is 1.79. The molecule has 0 aliphatic carbocycles. The predicted octanol–water partition coefficient (Wildman–Crippen LogP) is 2.57. The molecule has 0 bridgehead atoms. The molecule has 170 valence electrons. The van der Waals surface area contributed by atoms with Gasteiger partial charge in [-0.2, -0.15) is 30.9 Å². The Morgan fingerprint density at radius 1 is 1.29 bits per heavy atom. The van der Waals surface area contributed by atoms with Crippen LogP contribution >= 0.6 is 0 Å². The molecule has 31 heavy (non-hydrogen) atoms. The first kappa shape index (κ1) is 23.0. The summed E-state index contributed by atoms with van der Waals surface area (Å²) in [6.07, 6.45) is -3.08. The van der Waals surface area contributed by atoms with Crippen LogP contribution in [0, 0.1) is 6.92 Å². The third kappa shape index (κ3) is 5.74. The Balaban J connectivity index is 1.70. The molecule has 1 aromatic carbocycles. The number of nitrogens with one attached hydrogen (secondary N) is 2. The molecular formula is C18H21F3N4O5S. The van der Waals surface area contributed by atoms with Crippen LogP contribution in [0.5, 0.6) is 0 Å². The van der Waals surface area contributed by atoms with E-state index in [9.17, 15) is 31.5 Å². The lowest BCUT2D eigenvalue weighted by Crippen LogP contribution is -2.44. The second-order valence-corrected chi connectivity index (χ2v) is 8.78. The van der Waals surface area contributed by atoms with Crippen molar-refractivity contribution in [3.8, 4) is 0 Å². The van der Waals surface area contributed by atoms with Crippen molar-refractivity contribution >= 4 is 27.8 Å². The highest BCUT2D eigenvalue weighted by atomic mass is 32.2. The maximum absolute atomic E-state index is 12.9. The van der Waals surface area contributed by atoms with Crippen LogP contribution in [-0.4, -0.2) is 47.9 Å². The number of nitrogens with zero attached hydrogens (tertiary/aromatic N) is 2. The Morgan fingerprint density at radius 2 is 2.03 bits per heavy atom. The Labute approximate surface area is 176 Å². The van der Waals surface area contributed by atoms with E-state index in [4.69, 9.17) is 4.42 Å².